The minimum atomic E-state index is -0.758. The van der Waals surface area contributed by atoms with Crippen molar-refractivity contribution in [3.05, 3.63) is 35.4 Å². The third kappa shape index (κ3) is 3.08. The summed E-state index contributed by atoms with van der Waals surface area (Å²) in [5.74, 6) is -1.44. The van der Waals surface area contributed by atoms with Gasteiger partial charge in [-0.05, 0) is 19.1 Å². The van der Waals surface area contributed by atoms with Crippen LogP contribution in [0.4, 0.5) is 4.79 Å². The third-order valence-electron chi connectivity index (χ3n) is 5.31. The van der Waals surface area contributed by atoms with E-state index in [1.54, 1.807) is 36.1 Å². The van der Waals surface area contributed by atoms with Gasteiger partial charge in [-0.3, -0.25) is 14.5 Å². The summed E-state index contributed by atoms with van der Waals surface area (Å²) in [6, 6.07) is 6.31. The normalized spacial score (nSPS) is 23.8. The first-order chi connectivity index (χ1) is 13.0. The maximum atomic E-state index is 12.7. The Morgan fingerprint density at radius 3 is 2.41 bits per heavy atom. The predicted molar refractivity (Wildman–Crippen MR) is 93.2 cm³/mol. The third-order valence-corrected chi connectivity index (χ3v) is 5.31. The second kappa shape index (κ2) is 6.94. The van der Waals surface area contributed by atoms with E-state index >= 15 is 0 Å². The Kier molecular flexibility index (Phi) is 4.61. The number of amides is 3. The molecule has 1 aromatic rings. The SMILES string of the molecule is CCOC(=O)N1CCC2(CC1CN1C(=O)c3ccccc3C1=O)OCCO2. The summed E-state index contributed by atoms with van der Waals surface area (Å²) < 4.78 is 16.7. The number of ether oxygens (including phenoxy) is 3. The van der Waals surface area contributed by atoms with Crippen LogP contribution >= 0.6 is 0 Å². The van der Waals surface area contributed by atoms with Gasteiger partial charge in [0.05, 0.1) is 43.5 Å². The standard InChI is InChI=1S/C19H22N2O6/c1-2-25-18(24)20-8-7-19(26-9-10-27-19)11-13(20)12-21-16(22)14-5-3-4-6-15(14)17(21)23/h3-6,13H,2,7-12H2,1H3. The van der Waals surface area contributed by atoms with E-state index in [1.165, 1.54) is 4.90 Å². The molecule has 0 radical (unpaired) electrons. The molecule has 144 valence electrons. The Morgan fingerprint density at radius 2 is 1.81 bits per heavy atom. The molecule has 0 aromatic heterocycles. The molecule has 4 rings (SSSR count). The molecule has 1 spiro atoms. The van der Waals surface area contributed by atoms with Gasteiger partial charge in [-0.25, -0.2) is 4.79 Å². The van der Waals surface area contributed by atoms with Crippen LogP contribution in [0.5, 0.6) is 0 Å². The van der Waals surface area contributed by atoms with Gasteiger partial charge in [0.2, 0.25) is 0 Å². The molecular weight excluding hydrogens is 352 g/mol. The van der Waals surface area contributed by atoms with Gasteiger partial charge in [0.15, 0.2) is 5.79 Å². The second-order valence-electron chi connectivity index (χ2n) is 6.87. The quantitative estimate of drug-likeness (QED) is 0.748. The van der Waals surface area contributed by atoms with Crippen LogP contribution in [0.2, 0.25) is 0 Å². The summed E-state index contributed by atoms with van der Waals surface area (Å²) in [5.41, 5.74) is 0.785. The minimum absolute atomic E-state index is 0.0830. The molecule has 3 aliphatic heterocycles. The van der Waals surface area contributed by atoms with Gasteiger partial charge in [-0.2, -0.15) is 0 Å². The van der Waals surface area contributed by atoms with E-state index in [9.17, 15) is 14.4 Å². The Labute approximate surface area is 157 Å². The number of imide groups is 1. The van der Waals surface area contributed by atoms with Crippen molar-refractivity contribution in [1.82, 2.24) is 9.80 Å². The van der Waals surface area contributed by atoms with Crippen molar-refractivity contribution >= 4 is 17.9 Å². The van der Waals surface area contributed by atoms with Crippen molar-refractivity contribution in [1.29, 1.82) is 0 Å². The summed E-state index contributed by atoms with van der Waals surface area (Å²) in [5, 5.41) is 0. The van der Waals surface area contributed by atoms with Gasteiger partial charge in [0.25, 0.3) is 11.8 Å². The summed E-state index contributed by atoms with van der Waals surface area (Å²) >= 11 is 0. The van der Waals surface area contributed by atoms with Crippen LogP contribution in [-0.4, -0.2) is 72.4 Å². The highest BCUT2D eigenvalue weighted by Gasteiger charge is 2.48. The van der Waals surface area contributed by atoms with E-state index in [0.29, 0.717) is 43.7 Å². The molecule has 2 saturated heterocycles. The zero-order chi connectivity index (χ0) is 19.0. The summed E-state index contributed by atoms with van der Waals surface area (Å²) in [6.45, 7) is 3.46. The van der Waals surface area contributed by atoms with Crippen molar-refractivity contribution < 1.29 is 28.6 Å². The highest BCUT2D eigenvalue weighted by molar-refractivity contribution is 6.21. The van der Waals surface area contributed by atoms with Gasteiger partial charge in [0.1, 0.15) is 0 Å². The first-order valence-corrected chi connectivity index (χ1v) is 9.21. The molecule has 3 amide bonds. The number of benzene rings is 1. The number of carbonyl (C=O) groups is 3. The van der Waals surface area contributed by atoms with Gasteiger partial charge >= 0.3 is 6.09 Å². The largest absolute Gasteiger partial charge is 0.450 e. The van der Waals surface area contributed by atoms with E-state index in [-0.39, 0.29) is 25.0 Å². The maximum absolute atomic E-state index is 12.7. The molecule has 3 heterocycles. The topological polar surface area (TPSA) is 85.4 Å². The Bertz CT molecular complexity index is 738. The first-order valence-electron chi connectivity index (χ1n) is 9.21. The average molecular weight is 374 g/mol. The highest BCUT2D eigenvalue weighted by atomic mass is 16.7. The molecule has 27 heavy (non-hydrogen) atoms. The molecule has 0 N–H and O–H groups in total. The van der Waals surface area contributed by atoms with Crippen LogP contribution in [0.3, 0.4) is 0 Å². The number of nitrogens with zero attached hydrogens (tertiary/aromatic N) is 2. The number of likely N-dealkylation sites (tertiary alicyclic amines) is 1. The number of fused-ring (bicyclic) bond motifs is 1. The number of carbonyl (C=O) groups excluding carboxylic acids is 3. The fraction of sp³-hybridized carbons (Fsp3) is 0.526. The monoisotopic (exact) mass is 374 g/mol. The zero-order valence-corrected chi connectivity index (χ0v) is 15.2. The summed E-state index contributed by atoms with van der Waals surface area (Å²) in [7, 11) is 0. The van der Waals surface area contributed by atoms with Crippen LogP contribution in [0.15, 0.2) is 24.3 Å². The molecular formula is C19H22N2O6. The Hall–Kier alpha value is -2.45. The number of hydrogen-bond acceptors (Lipinski definition) is 6. The molecule has 1 aromatic carbocycles. The number of hydrogen-bond donors (Lipinski definition) is 0. The van der Waals surface area contributed by atoms with E-state index < -0.39 is 17.9 Å². The molecule has 2 fully saturated rings. The van der Waals surface area contributed by atoms with Crippen LogP contribution in [0, 0.1) is 0 Å². The molecule has 3 aliphatic rings. The lowest BCUT2D eigenvalue weighted by Crippen LogP contribution is -2.57. The maximum Gasteiger partial charge on any atom is 0.410 e. The molecule has 0 saturated carbocycles. The van der Waals surface area contributed by atoms with Crippen molar-refractivity contribution in [2.24, 2.45) is 0 Å². The molecule has 1 unspecified atom stereocenters. The van der Waals surface area contributed by atoms with Gasteiger partial charge < -0.3 is 19.1 Å². The smallest absolute Gasteiger partial charge is 0.410 e. The van der Waals surface area contributed by atoms with Crippen molar-refractivity contribution in [3.63, 3.8) is 0 Å². The number of rotatable bonds is 3. The van der Waals surface area contributed by atoms with Gasteiger partial charge in [-0.15, -0.1) is 0 Å². The van der Waals surface area contributed by atoms with Crippen LogP contribution in [0.25, 0.3) is 0 Å². The lowest BCUT2D eigenvalue weighted by Gasteiger charge is -2.43. The first kappa shape index (κ1) is 17.9. The number of piperidine rings is 1. The summed E-state index contributed by atoms with van der Waals surface area (Å²) in [6.07, 6.45) is 0.468. The van der Waals surface area contributed by atoms with Gasteiger partial charge in [0, 0.05) is 19.4 Å². The summed E-state index contributed by atoms with van der Waals surface area (Å²) in [4.78, 5) is 40.6. The molecule has 0 aliphatic carbocycles. The van der Waals surface area contributed by atoms with Crippen LogP contribution < -0.4 is 0 Å². The minimum Gasteiger partial charge on any atom is -0.450 e. The van der Waals surface area contributed by atoms with Crippen molar-refractivity contribution in [2.45, 2.75) is 31.6 Å². The van der Waals surface area contributed by atoms with Crippen molar-refractivity contribution in [2.75, 3.05) is 32.9 Å². The Balaban J connectivity index is 1.57. The molecule has 1 atom stereocenters. The second-order valence-corrected chi connectivity index (χ2v) is 6.87. The predicted octanol–water partition coefficient (Wildman–Crippen LogP) is 1.65. The Morgan fingerprint density at radius 1 is 1.19 bits per heavy atom. The average Bonchev–Trinajstić information content (AvgIpc) is 3.21. The molecule has 8 nitrogen and oxygen atoms in total. The van der Waals surface area contributed by atoms with E-state index in [2.05, 4.69) is 0 Å². The van der Waals surface area contributed by atoms with Crippen LogP contribution in [-0.2, 0) is 14.2 Å². The zero-order valence-electron chi connectivity index (χ0n) is 15.2. The fourth-order valence-electron chi connectivity index (χ4n) is 4.03. The van der Waals surface area contributed by atoms with Crippen LogP contribution in [0.1, 0.15) is 40.5 Å². The van der Waals surface area contributed by atoms with E-state index in [4.69, 9.17) is 14.2 Å². The van der Waals surface area contributed by atoms with Crippen molar-refractivity contribution in [3.8, 4) is 0 Å². The lowest BCUT2D eigenvalue weighted by atomic mass is 9.95. The highest BCUT2D eigenvalue weighted by Crippen LogP contribution is 2.36. The fourth-order valence-corrected chi connectivity index (χ4v) is 4.03. The lowest BCUT2D eigenvalue weighted by molar-refractivity contribution is -0.193. The van der Waals surface area contributed by atoms with E-state index in [0.717, 1.165) is 0 Å². The molecule has 8 heteroatoms. The van der Waals surface area contributed by atoms with E-state index in [1.807, 2.05) is 0 Å². The molecule has 0 bridgehead atoms. The van der Waals surface area contributed by atoms with Gasteiger partial charge in [-0.1, -0.05) is 12.1 Å².